The predicted molar refractivity (Wildman–Crippen MR) is 60.2 cm³/mol. The number of hydrogen-bond donors (Lipinski definition) is 1. The third-order valence-electron chi connectivity index (χ3n) is 3.02. The summed E-state index contributed by atoms with van der Waals surface area (Å²) in [4.78, 5) is 10.5. The van der Waals surface area contributed by atoms with Crippen LogP contribution >= 0.6 is 0 Å². The van der Waals surface area contributed by atoms with Crippen LogP contribution in [0.1, 0.15) is 18.9 Å². The van der Waals surface area contributed by atoms with Crippen LogP contribution in [0.15, 0.2) is 12.4 Å². The summed E-state index contributed by atoms with van der Waals surface area (Å²) >= 11 is 0. The molecule has 0 bridgehead atoms. The van der Waals surface area contributed by atoms with Crippen LogP contribution in [0.2, 0.25) is 0 Å². The zero-order valence-corrected chi connectivity index (χ0v) is 9.63. The first-order valence-corrected chi connectivity index (χ1v) is 5.48. The fourth-order valence-corrected chi connectivity index (χ4v) is 1.99. The normalized spacial score (nSPS) is 24.7. The van der Waals surface area contributed by atoms with Crippen LogP contribution in [0.3, 0.4) is 0 Å². The Hall–Kier alpha value is -1.20. The molecule has 1 aliphatic rings. The molecule has 1 aliphatic heterocycles. The molecule has 2 rings (SSSR count). The van der Waals surface area contributed by atoms with Crippen LogP contribution < -0.4 is 4.90 Å². The molecule has 0 spiro atoms. The Morgan fingerprint density at radius 2 is 2.19 bits per heavy atom. The summed E-state index contributed by atoms with van der Waals surface area (Å²) in [5.74, 6) is 0.680. The van der Waals surface area contributed by atoms with E-state index in [9.17, 15) is 0 Å². The molecule has 2 unspecified atom stereocenters. The smallest absolute Gasteiger partial charge is 0.225 e. The first-order chi connectivity index (χ1) is 7.72. The summed E-state index contributed by atoms with van der Waals surface area (Å²) in [5.41, 5.74) is 0.730. The molecular weight excluding hydrogens is 206 g/mol. The van der Waals surface area contributed by atoms with Gasteiger partial charge in [-0.3, -0.25) is 0 Å². The van der Waals surface area contributed by atoms with Crippen LogP contribution in [0.25, 0.3) is 0 Å². The molecule has 1 N–H and O–H groups in total. The molecule has 0 aromatic carbocycles. The summed E-state index contributed by atoms with van der Waals surface area (Å²) < 4.78 is 5.52. The van der Waals surface area contributed by atoms with Crippen molar-refractivity contribution < 1.29 is 9.84 Å². The highest BCUT2D eigenvalue weighted by Gasteiger charge is 2.29. The van der Waals surface area contributed by atoms with Crippen LogP contribution in [-0.4, -0.2) is 40.9 Å². The quantitative estimate of drug-likeness (QED) is 0.812. The first-order valence-electron chi connectivity index (χ1n) is 5.48. The van der Waals surface area contributed by atoms with E-state index in [1.807, 2.05) is 11.9 Å². The number of aromatic nitrogens is 2. The Balaban J connectivity index is 2.10. The van der Waals surface area contributed by atoms with Gasteiger partial charge in [0, 0.05) is 31.6 Å². The van der Waals surface area contributed by atoms with Crippen molar-refractivity contribution in [2.45, 2.75) is 32.1 Å². The van der Waals surface area contributed by atoms with E-state index in [2.05, 4.69) is 16.9 Å². The van der Waals surface area contributed by atoms with Crippen LogP contribution in [0.4, 0.5) is 5.95 Å². The van der Waals surface area contributed by atoms with Crippen LogP contribution in [-0.2, 0) is 11.3 Å². The molecule has 0 aliphatic carbocycles. The van der Waals surface area contributed by atoms with Crippen LogP contribution in [0, 0.1) is 0 Å². The predicted octanol–water partition coefficient (Wildman–Crippen LogP) is 0.583. The lowest BCUT2D eigenvalue weighted by Gasteiger charge is -2.26. The van der Waals surface area contributed by atoms with Crippen molar-refractivity contribution in [3.8, 4) is 0 Å². The van der Waals surface area contributed by atoms with E-state index in [0.29, 0.717) is 12.0 Å². The van der Waals surface area contributed by atoms with E-state index in [1.165, 1.54) is 0 Å². The lowest BCUT2D eigenvalue weighted by atomic mass is 10.1. The maximum Gasteiger partial charge on any atom is 0.225 e. The second-order valence-corrected chi connectivity index (χ2v) is 4.09. The molecular formula is C11H17N3O2. The lowest BCUT2D eigenvalue weighted by Crippen LogP contribution is -2.37. The Bertz CT molecular complexity index is 342. The zero-order valence-electron chi connectivity index (χ0n) is 9.63. The fraction of sp³-hybridized carbons (Fsp3) is 0.636. The fourth-order valence-electron chi connectivity index (χ4n) is 1.99. The molecule has 0 saturated carbocycles. The number of aliphatic hydroxyl groups excluding tert-OH is 1. The molecule has 5 heteroatoms. The van der Waals surface area contributed by atoms with Gasteiger partial charge in [-0.05, 0) is 13.3 Å². The molecule has 0 radical (unpaired) electrons. The lowest BCUT2D eigenvalue weighted by molar-refractivity contribution is 0.118. The van der Waals surface area contributed by atoms with Crippen molar-refractivity contribution in [3.05, 3.63) is 18.0 Å². The number of anilines is 1. The van der Waals surface area contributed by atoms with Crippen molar-refractivity contribution in [1.82, 2.24) is 9.97 Å². The summed E-state index contributed by atoms with van der Waals surface area (Å²) in [6, 6.07) is 0.333. The molecule has 1 aromatic heterocycles. The molecule has 1 saturated heterocycles. The van der Waals surface area contributed by atoms with Gasteiger partial charge in [0.05, 0.1) is 18.8 Å². The number of nitrogens with zero attached hydrogens (tertiary/aromatic N) is 3. The summed E-state index contributed by atoms with van der Waals surface area (Å²) in [6.45, 7) is 2.84. The highest BCUT2D eigenvalue weighted by molar-refractivity contribution is 5.31. The number of hydrogen-bond acceptors (Lipinski definition) is 5. The minimum atomic E-state index is -0.0209. The number of ether oxygens (including phenoxy) is 1. The minimum absolute atomic E-state index is 0.0209. The maximum atomic E-state index is 8.91. The Kier molecular flexibility index (Phi) is 3.36. The number of likely N-dealkylation sites (N-methyl/N-ethyl adjacent to an activating group) is 1. The topological polar surface area (TPSA) is 58.5 Å². The third-order valence-corrected chi connectivity index (χ3v) is 3.02. The van der Waals surface area contributed by atoms with Crippen molar-refractivity contribution in [3.63, 3.8) is 0 Å². The van der Waals surface area contributed by atoms with E-state index in [0.717, 1.165) is 18.6 Å². The van der Waals surface area contributed by atoms with Gasteiger partial charge in [0.2, 0.25) is 5.95 Å². The summed E-state index contributed by atoms with van der Waals surface area (Å²) in [7, 11) is 1.98. The Labute approximate surface area is 95.1 Å². The number of rotatable bonds is 3. The van der Waals surface area contributed by atoms with Crippen molar-refractivity contribution in [1.29, 1.82) is 0 Å². The molecule has 2 heterocycles. The van der Waals surface area contributed by atoms with Crippen molar-refractivity contribution in [2.75, 3.05) is 18.6 Å². The van der Waals surface area contributed by atoms with Gasteiger partial charge in [0.25, 0.3) is 0 Å². The second kappa shape index (κ2) is 4.76. The first kappa shape index (κ1) is 11.3. The van der Waals surface area contributed by atoms with Crippen molar-refractivity contribution in [2.24, 2.45) is 0 Å². The Morgan fingerprint density at radius 3 is 2.69 bits per heavy atom. The van der Waals surface area contributed by atoms with E-state index in [-0.39, 0.29) is 12.7 Å². The standard InChI is InChI=1S/C11H17N3O2/c1-8-10(3-4-16-8)14(2)11-12-5-9(7-15)6-13-11/h5-6,8,10,15H,3-4,7H2,1-2H3. The van der Waals surface area contributed by atoms with Gasteiger partial charge in [-0.1, -0.05) is 0 Å². The summed E-state index contributed by atoms with van der Waals surface area (Å²) in [6.07, 6.45) is 4.52. The van der Waals surface area contributed by atoms with Gasteiger partial charge < -0.3 is 14.7 Å². The van der Waals surface area contributed by atoms with Crippen LogP contribution in [0.5, 0.6) is 0 Å². The van der Waals surface area contributed by atoms with Gasteiger partial charge in [-0.25, -0.2) is 9.97 Å². The van der Waals surface area contributed by atoms with E-state index >= 15 is 0 Å². The minimum Gasteiger partial charge on any atom is -0.392 e. The molecule has 1 fully saturated rings. The number of aliphatic hydroxyl groups is 1. The zero-order chi connectivity index (χ0) is 11.5. The highest BCUT2D eigenvalue weighted by Crippen LogP contribution is 2.21. The van der Waals surface area contributed by atoms with Gasteiger partial charge in [0.15, 0.2) is 0 Å². The average Bonchev–Trinajstić information content (AvgIpc) is 2.75. The van der Waals surface area contributed by atoms with Gasteiger partial charge in [-0.2, -0.15) is 0 Å². The van der Waals surface area contributed by atoms with E-state index in [1.54, 1.807) is 12.4 Å². The van der Waals surface area contributed by atoms with E-state index in [4.69, 9.17) is 9.84 Å². The third kappa shape index (κ3) is 2.15. The molecule has 5 nitrogen and oxygen atoms in total. The SMILES string of the molecule is CC1OCCC1N(C)c1ncc(CO)cn1. The largest absolute Gasteiger partial charge is 0.392 e. The van der Waals surface area contributed by atoms with Gasteiger partial charge in [-0.15, -0.1) is 0 Å². The molecule has 16 heavy (non-hydrogen) atoms. The monoisotopic (exact) mass is 223 g/mol. The molecule has 0 amide bonds. The molecule has 2 atom stereocenters. The van der Waals surface area contributed by atoms with Gasteiger partial charge in [0.1, 0.15) is 0 Å². The highest BCUT2D eigenvalue weighted by atomic mass is 16.5. The molecule has 1 aromatic rings. The Morgan fingerprint density at radius 1 is 1.50 bits per heavy atom. The van der Waals surface area contributed by atoms with E-state index < -0.39 is 0 Å². The van der Waals surface area contributed by atoms with Crippen molar-refractivity contribution >= 4 is 5.95 Å². The second-order valence-electron chi connectivity index (χ2n) is 4.09. The van der Waals surface area contributed by atoms with Gasteiger partial charge >= 0.3 is 0 Å². The maximum absolute atomic E-state index is 8.91. The summed E-state index contributed by atoms with van der Waals surface area (Å²) in [5, 5.41) is 8.91. The average molecular weight is 223 g/mol. The molecule has 88 valence electrons.